The van der Waals surface area contributed by atoms with Gasteiger partial charge >= 0.3 is 0 Å². The van der Waals surface area contributed by atoms with Crippen molar-refractivity contribution >= 4 is 40.7 Å². The minimum Gasteiger partial charge on any atom is -0.455 e. The molecule has 1 fully saturated rings. The van der Waals surface area contributed by atoms with E-state index in [-0.39, 0.29) is 33.6 Å². The maximum Gasteiger partial charge on any atom is 0.258 e. The minimum atomic E-state index is -1.52. The number of nitrogens with one attached hydrogen (secondary N) is 3. The van der Waals surface area contributed by atoms with E-state index in [9.17, 15) is 9.18 Å². The number of benzene rings is 2. The van der Waals surface area contributed by atoms with Crippen molar-refractivity contribution in [2.75, 3.05) is 6.54 Å². The van der Waals surface area contributed by atoms with E-state index >= 15 is 0 Å². The Morgan fingerprint density at radius 2 is 2.00 bits per heavy atom. The Bertz CT molecular complexity index is 1070. The molecule has 1 atom stereocenters. The summed E-state index contributed by atoms with van der Waals surface area (Å²) in [7, 11) is 0. The van der Waals surface area contributed by atoms with Crippen molar-refractivity contribution in [3.05, 3.63) is 86.3 Å². The van der Waals surface area contributed by atoms with Crippen LogP contribution in [0.1, 0.15) is 36.1 Å². The van der Waals surface area contributed by atoms with Crippen molar-refractivity contribution in [1.29, 1.82) is 0 Å². The predicted molar refractivity (Wildman–Crippen MR) is 120 cm³/mol. The summed E-state index contributed by atoms with van der Waals surface area (Å²) in [4.78, 5) is 12.8. The lowest BCUT2D eigenvalue weighted by Crippen LogP contribution is -2.37. The van der Waals surface area contributed by atoms with Crippen LogP contribution in [0.25, 0.3) is 0 Å². The van der Waals surface area contributed by atoms with Gasteiger partial charge in [-0.05, 0) is 48.6 Å². The smallest absolute Gasteiger partial charge is 0.258 e. The lowest BCUT2D eigenvalue weighted by Gasteiger charge is -2.21. The highest BCUT2D eigenvalue weighted by Gasteiger charge is 2.27. The minimum absolute atomic E-state index is 0.0354. The first-order chi connectivity index (χ1) is 14.9. The number of alkyl halides is 1. The fourth-order valence-corrected chi connectivity index (χ4v) is 3.97. The molecule has 4 rings (SSSR count). The molecule has 0 saturated heterocycles. The van der Waals surface area contributed by atoms with Crippen LogP contribution in [-0.2, 0) is 4.79 Å². The third-order valence-electron chi connectivity index (χ3n) is 4.95. The number of ether oxygens (including phenoxy) is 1. The summed E-state index contributed by atoms with van der Waals surface area (Å²) in [6.07, 6.45) is 2.29. The molecule has 0 radical (unpaired) electrons. The van der Waals surface area contributed by atoms with E-state index in [1.165, 1.54) is 42.8 Å². The Morgan fingerprint density at radius 1 is 1.19 bits per heavy atom. The zero-order valence-corrected chi connectivity index (χ0v) is 18.5. The molecular formula is C22H19Cl3FN3O2. The zero-order valence-electron chi connectivity index (χ0n) is 16.2. The summed E-state index contributed by atoms with van der Waals surface area (Å²) in [5, 5.41) is 3.17. The van der Waals surface area contributed by atoms with Gasteiger partial charge in [0.25, 0.3) is 5.91 Å². The first-order valence-electron chi connectivity index (χ1n) is 9.69. The highest BCUT2D eigenvalue weighted by atomic mass is 35.5. The van der Waals surface area contributed by atoms with Gasteiger partial charge in [-0.1, -0.05) is 53.0 Å². The molecule has 1 amide bonds. The standard InChI is InChI=1S/C22H19Cl3FN3O2/c23-14-6-7-16(17(24)9-14)18(26)10-27-22(30)20-19(11-28-29-21(20)25)31-15-3-1-2-13(8-15)12-4-5-12/h1-3,6-9,11-12,18,28-29H,4-5,10H2,(H,27,30). The Labute approximate surface area is 194 Å². The van der Waals surface area contributed by atoms with Crippen molar-refractivity contribution in [3.8, 4) is 5.75 Å². The van der Waals surface area contributed by atoms with Gasteiger partial charge in [0.1, 0.15) is 22.7 Å². The van der Waals surface area contributed by atoms with Crippen LogP contribution in [0.5, 0.6) is 5.75 Å². The molecule has 0 bridgehead atoms. The van der Waals surface area contributed by atoms with Gasteiger partial charge in [-0.3, -0.25) is 10.2 Å². The largest absolute Gasteiger partial charge is 0.455 e. The fourth-order valence-electron chi connectivity index (χ4n) is 3.21. The van der Waals surface area contributed by atoms with Crippen LogP contribution >= 0.6 is 34.8 Å². The molecule has 162 valence electrons. The molecule has 2 aromatic rings. The fraction of sp³-hybridized carbons (Fsp3) is 0.227. The second-order valence-corrected chi connectivity index (χ2v) is 8.48. The van der Waals surface area contributed by atoms with Crippen molar-refractivity contribution in [3.63, 3.8) is 0 Å². The van der Waals surface area contributed by atoms with Gasteiger partial charge in [-0.2, -0.15) is 0 Å². The molecule has 1 aliphatic heterocycles. The lowest BCUT2D eigenvalue weighted by molar-refractivity contribution is -0.117. The van der Waals surface area contributed by atoms with Gasteiger partial charge in [0.05, 0.1) is 12.7 Å². The van der Waals surface area contributed by atoms with Gasteiger partial charge in [0, 0.05) is 15.6 Å². The maximum atomic E-state index is 14.7. The monoisotopic (exact) mass is 481 g/mol. The van der Waals surface area contributed by atoms with Crippen LogP contribution in [0.3, 0.4) is 0 Å². The molecular weight excluding hydrogens is 464 g/mol. The van der Waals surface area contributed by atoms with E-state index in [1.807, 2.05) is 12.1 Å². The number of hydrogen-bond donors (Lipinski definition) is 3. The van der Waals surface area contributed by atoms with E-state index in [0.29, 0.717) is 16.7 Å². The molecule has 2 aliphatic rings. The number of amides is 1. The summed E-state index contributed by atoms with van der Waals surface area (Å²) in [6.45, 7) is -0.300. The molecule has 9 heteroatoms. The Morgan fingerprint density at radius 3 is 2.74 bits per heavy atom. The molecule has 1 heterocycles. The summed E-state index contributed by atoms with van der Waals surface area (Å²) in [5.74, 6) is 0.780. The van der Waals surface area contributed by atoms with Crippen LogP contribution in [-0.4, -0.2) is 12.5 Å². The number of rotatable bonds is 7. The van der Waals surface area contributed by atoms with Crippen molar-refractivity contribution in [2.24, 2.45) is 0 Å². The van der Waals surface area contributed by atoms with Crippen LogP contribution in [0.15, 0.2) is 65.2 Å². The highest BCUT2D eigenvalue weighted by Crippen LogP contribution is 2.41. The summed E-state index contributed by atoms with van der Waals surface area (Å²) in [6, 6.07) is 12.2. The molecule has 1 aliphatic carbocycles. The van der Waals surface area contributed by atoms with Crippen LogP contribution in [0.2, 0.25) is 10.0 Å². The van der Waals surface area contributed by atoms with E-state index in [1.54, 1.807) is 6.07 Å². The summed E-state index contributed by atoms with van der Waals surface area (Å²) >= 11 is 18.1. The summed E-state index contributed by atoms with van der Waals surface area (Å²) < 4.78 is 20.6. The molecule has 1 saturated carbocycles. The van der Waals surface area contributed by atoms with Crippen LogP contribution < -0.4 is 20.9 Å². The number of carbonyl (C=O) groups is 1. The molecule has 0 spiro atoms. The third kappa shape index (κ3) is 5.26. The van der Waals surface area contributed by atoms with Crippen LogP contribution in [0, 0.1) is 0 Å². The van der Waals surface area contributed by atoms with Crippen LogP contribution in [0.4, 0.5) is 4.39 Å². The number of hydrazine groups is 1. The Balaban J connectivity index is 1.45. The first kappa shape index (κ1) is 21.8. The van der Waals surface area contributed by atoms with Gasteiger partial charge in [0.15, 0.2) is 5.76 Å². The third-order valence-corrected chi connectivity index (χ3v) is 5.80. The number of halogens is 4. The SMILES string of the molecule is O=C(NCC(F)c1ccc(Cl)cc1Cl)C1=C(Cl)NNC=C1Oc1cccc(C2CC2)c1. The maximum absolute atomic E-state index is 14.7. The van der Waals surface area contributed by atoms with Crippen molar-refractivity contribution in [1.82, 2.24) is 16.2 Å². The second kappa shape index (κ2) is 9.39. The topological polar surface area (TPSA) is 62.4 Å². The number of hydrogen-bond acceptors (Lipinski definition) is 4. The van der Waals surface area contributed by atoms with Gasteiger partial charge < -0.3 is 15.5 Å². The highest BCUT2D eigenvalue weighted by molar-refractivity contribution is 6.35. The number of carbonyl (C=O) groups excluding carboxylic acids is 1. The Hall–Kier alpha value is -2.41. The van der Waals surface area contributed by atoms with Crippen molar-refractivity contribution in [2.45, 2.75) is 24.9 Å². The second-order valence-electron chi connectivity index (χ2n) is 7.26. The van der Waals surface area contributed by atoms with E-state index < -0.39 is 12.1 Å². The summed E-state index contributed by atoms with van der Waals surface area (Å²) in [5.41, 5.74) is 6.88. The quantitative estimate of drug-likeness (QED) is 0.458. The molecule has 5 nitrogen and oxygen atoms in total. The lowest BCUT2D eigenvalue weighted by atomic mass is 10.1. The van der Waals surface area contributed by atoms with Gasteiger partial charge in [-0.15, -0.1) is 0 Å². The Kier molecular flexibility index (Phi) is 6.60. The molecule has 31 heavy (non-hydrogen) atoms. The van der Waals surface area contributed by atoms with E-state index in [0.717, 1.165) is 0 Å². The van der Waals surface area contributed by atoms with Gasteiger partial charge in [-0.25, -0.2) is 4.39 Å². The van der Waals surface area contributed by atoms with E-state index in [2.05, 4.69) is 22.2 Å². The van der Waals surface area contributed by atoms with E-state index in [4.69, 9.17) is 39.5 Å². The zero-order chi connectivity index (χ0) is 22.0. The molecule has 2 aromatic carbocycles. The molecule has 0 aromatic heterocycles. The molecule has 3 N–H and O–H groups in total. The molecule has 1 unspecified atom stereocenters. The van der Waals surface area contributed by atoms with Crippen molar-refractivity contribution < 1.29 is 13.9 Å². The van der Waals surface area contributed by atoms with Gasteiger partial charge in [0.2, 0.25) is 0 Å². The normalized spacial score (nSPS) is 16.7. The average Bonchev–Trinajstić information content (AvgIpc) is 3.58. The average molecular weight is 483 g/mol. The predicted octanol–water partition coefficient (Wildman–Crippen LogP) is 5.48. The first-order valence-corrected chi connectivity index (χ1v) is 10.8.